The smallest absolute Gasteiger partial charge is 0.322 e. The van der Waals surface area contributed by atoms with Gasteiger partial charge >= 0.3 is 24.7 Å². The number of halogens is 14. The molecule has 0 spiro atoms. The first-order valence-corrected chi connectivity index (χ1v) is 22.1. The molecule has 2 aliphatic rings. The average molecular weight is 1210 g/mol. The van der Waals surface area contributed by atoms with Crippen molar-refractivity contribution in [1.82, 2.24) is 4.90 Å². The molecule has 0 saturated carbocycles. The Hall–Kier alpha value is -5.86. The molecule has 1 N–H and O–H groups in total. The highest BCUT2D eigenvalue weighted by molar-refractivity contribution is 14.1. The highest BCUT2D eigenvalue weighted by Crippen LogP contribution is 2.57. The van der Waals surface area contributed by atoms with Gasteiger partial charge in [-0.05, 0) is 111 Å². The molecule has 2 heterocycles. The van der Waals surface area contributed by atoms with E-state index in [0.717, 1.165) is 6.07 Å². The lowest BCUT2D eigenvalue weighted by Gasteiger charge is -2.38. The number of hydrogen-bond acceptors (Lipinski definition) is 6. The van der Waals surface area contributed by atoms with E-state index in [4.69, 9.17) is 0 Å². The van der Waals surface area contributed by atoms with Gasteiger partial charge in [-0.3, -0.25) is 33.7 Å². The van der Waals surface area contributed by atoms with Crippen LogP contribution in [-0.2, 0) is 17.8 Å². The molecule has 5 amide bonds. The molecule has 9 nitrogen and oxygen atoms in total. The van der Waals surface area contributed by atoms with Crippen LogP contribution in [0.1, 0.15) is 112 Å². The van der Waals surface area contributed by atoms with Crippen molar-refractivity contribution in [3.63, 3.8) is 0 Å². The Labute approximate surface area is 414 Å². The SMILES string of the molecule is CC(C)(I)C(=O)c1ccc(C(=O)Nc2ccc(-c3ccc(N4C(=O)c5ccc(C(c6ccc7c(c6)C(=O)N(C(C)(C)I)C7=O)(C(F)(F)F)C(F)(F)F)cc5C4=O)cc3C(F)(F)F)c(C(F)(F)F)c2)cc1. The summed E-state index contributed by atoms with van der Waals surface area (Å²) in [5, 5.41) is 2.21. The van der Waals surface area contributed by atoms with Crippen molar-refractivity contribution in [2.45, 2.75) is 64.8 Å². The van der Waals surface area contributed by atoms with Gasteiger partial charge in [0, 0.05) is 16.8 Å². The average Bonchev–Trinajstić information content (AvgIpc) is 3.64. The first-order chi connectivity index (χ1) is 32.0. The zero-order chi connectivity index (χ0) is 52.2. The number of nitrogens with zero attached hydrogens (tertiary/aromatic N) is 2. The van der Waals surface area contributed by atoms with Gasteiger partial charge in [0.15, 0.2) is 5.78 Å². The second-order valence-electron chi connectivity index (χ2n) is 16.9. The van der Waals surface area contributed by atoms with Crippen LogP contribution in [0.25, 0.3) is 11.1 Å². The molecular formula is C47H29F12I2N3O6. The standard InChI is InChI=1S/C47H29F12I2N3O6/c1-41(2,60)35(65)21-5-7-22(8-6-21)36(66)62-25-11-15-27(33(19-25)44(48,49)50)28-16-12-26(20-34(28)45(51,52)53)63-37(67)29-13-9-23(17-31(29)38(63)68)43(46(54,55)56,47(57,58)59)24-10-14-30-32(18-24)40(70)64(39(30)69)42(3,4)61/h5-20H,1-4H3,(H,62,66). The maximum atomic E-state index is 15.3. The molecular weight excluding hydrogens is 1180 g/mol. The van der Waals surface area contributed by atoms with Crippen LogP contribution in [-0.4, -0.2) is 59.5 Å². The number of benzene rings is 5. The quantitative estimate of drug-likeness (QED) is 0.0392. The molecule has 0 bridgehead atoms. The molecule has 0 saturated heterocycles. The number of carbonyl (C=O) groups excluding carboxylic acids is 6. The number of rotatable bonds is 9. The number of hydrogen-bond donors (Lipinski definition) is 1. The molecule has 0 aromatic heterocycles. The summed E-state index contributed by atoms with van der Waals surface area (Å²) in [4.78, 5) is 80.0. The number of nitrogens with one attached hydrogen (secondary N) is 1. The summed E-state index contributed by atoms with van der Waals surface area (Å²) >= 11 is 3.57. The van der Waals surface area contributed by atoms with Gasteiger partial charge in [0.1, 0.15) is 0 Å². The lowest BCUT2D eigenvalue weighted by atomic mass is 9.71. The predicted molar refractivity (Wildman–Crippen MR) is 244 cm³/mol. The number of amides is 5. The second-order valence-corrected chi connectivity index (χ2v) is 22.2. The maximum absolute atomic E-state index is 15.3. The highest BCUT2D eigenvalue weighted by Gasteiger charge is 2.73. The van der Waals surface area contributed by atoms with Crippen LogP contribution >= 0.6 is 45.2 Å². The Morgan fingerprint density at radius 2 is 0.900 bits per heavy atom. The Morgan fingerprint density at radius 3 is 1.37 bits per heavy atom. The highest BCUT2D eigenvalue weighted by atomic mass is 127. The number of fused-ring (bicyclic) bond motifs is 2. The largest absolute Gasteiger partial charge is 0.417 e. The minimum absolute atomic E-state index is 0.00907. The van der Waals surface area contributed by atoms with E-state index in [1.807, 2.05) is 22.6 Å². The molecule has 2 aliphatic heterocycles. The molecule has 0 atom stereocenters. The van der Waals surface area contributed by atoms with Crippen molar-refractivity contribution in [2.24, 2.45) is 0 Å². The first-order valence-electron chi connectivity index (χ1n) is 20.0. The van der Waals surface area contributed by atoms with Gasteiger partial charge in [-0.1, -0.05) is 81.6 Å². The van der Waals surface area contributed by atoms with E-state index in [1.165, 1.54) is 38.1 Å². The van der Waals surface area contributed by atoms with Crippen LogP contribution < -0.4 is 10.2 Å². The van der Waals surface area contributed by atoms with Gasteiger partial charge in [-0.25, -0.2) is 4.90 Å². The van der Waals surface area contributed by atoms with Crippen molar-refractivity contribution >= 4 is 91.9 Å². The lowest BCUT2D eigenvalue weighted by molar-refractivity contribution is -0.288. The summed E-state index contributed by atoms with van der Waals surface area (Å²) in [6.07, 6.45) is -23.6. The summed E-state index contributed by atoms with van der Waals surface area (Å²) in [7, 11) is 0. The van der Waals surface area contributed by atoms with Gasteiger partial charge in [0.05, 0.1) is 46.0 Å². The van der Waals surface area contributed by atoms with Gasteiger partial charge in [-0.15, -0.1) is 0 Å². The van der Waals surface area contributed by atoms with E-state index in [-0.39, 0.29) is 46.1 Å². The molecule has 5 aromatic carbocycles. The third-order valence-electron chi connectivity index (χ3n) is 11.4. The molecule has 0 aliphatic carbocycles. The van der Waals surface area contributed by atoms with Crippen molar-refractivity contribution in [3.8, 4) is 11.1 Å². The molecule has 70 heavy (non-hydrogen) atoms. The summed E-state index contributed by atoms with van der Waals surface area (Å²) in [6, 6.07) is 9.99. The topological polar surface area (TPSA) is 121 Å². The predicted octanol–water partition coefficient (Wildman–Crippen LogP) is 13.0. The van der Waals surface area contributed by atoms with E-state index in [0.29, 0.717) is 47.4 Å². The Bertz CT molecular complexity index is 3060. The summed E-state index contributed by atoms with van der Waals surface area (Å²) in [5.74, 6) is -6.67. The first kappa shape index (κ1) is 52.0. The fourth-order valence-corrected chi connectivity index (χ4v) is 8.95. The summed E-state index contributed by atoms with van der Waals surface area (Å²) in [5.41, 5.74) is -18.9. The minimum atomic E-state index is -6.33. The number of imide groups is 2. The van der Waals surface area contributed by atoms with Gasteiger partial charge in [0.2, 0.25) is 5.41 Å². The zero-order valence-corrected chi connectivity index (χ0v) is 40.2. The number of anilines is 2. The molecule has 7 rings (SSSR count). The number of ketones is 1. The minimum Gasteiger partial charge on any atom is -0.322 e. The van der Waals surface area contributed by atoms with Gasteiger partial charge in [-0.2, -0.15) is 52.7 Å². The maximum Gasteiger partial charge on any atom is 0.417 e. The Balaban J connectivity index is 1.27. The van der Waals surface area contributed by atoms with E-state index in [2.05, 4.69) is 5.32 Å². The molecule has 5 aromatic rings. The number of alkyl halides is 14. The fourth-order valence-electron chi connectivity index (χ4n) is 8.20. The van der Waals surface area contributed by atoms with Crippen LogP contribution in [0.4, 0.5) is 64.1 Å². The van der Waals surface area contributed by atoms with Crippen LogP contribution in [0.2, 0.25) is 0 Å². The fraction of sp³-hybridized carbons (Fsp3) is 0.234. The molecule has 366 valence electrons. The number of Topliss-reactive ketones (excluding diaryl/α,β-unsaturated/α-hetero) is 1. The third kappa shape index (κ3) is 8.84. The van der Waals surface area contributed by atoms with Crippen molar-refractivity contribution < 1.29 is 81.5 Å². The Kier molecular flexibility index (Phi) is 12.8. The van der Waals surface area contributed by atoms with E-state index >= 15 is 26.3 Å². The monoisotopic (exact) mass is 1210 g/mol. The number of carbonyl (C=O) groups is 6. The molecule has 0 radical (unpaired) electrons. The molecule has 0 unspecified atom stereocenters. The third-order valence-corrected chi connectivity index (χ3v) is 12.4. The molecule has 23 heteroatoms. The normalized spacial score (nSPS) is 14.9. The van der Waals surface area contributed by atoms with Crippen LogP contribution in [0.15, 0.2) is 97.1 Å². The zero-order valence-electron chi connectivity index (χ0n) is 35.9. The van der Waals surface area contributed by atoms with E-state index in [9.17, 15) is 55.1 Å². The van der Waals surface area contributed by atoms with Crippen LogP contribution in [0.5, 0.6) is 0 Å². The van der Waals surface area contributed by atoms with E-state index in [1.54, 1.807) is 36.4 Å². The van der Waals surface area contributed by atoms with Crippen LogP contribution in [0.3, 0.4) is 0 Å². The second kappa shape index (κ2) is 17.2. The van der Waals surface area contributed by atoms with Crippen molar-refractivity contribution in [1.29, 1.82) is 0 Å². The summed E-state index contributed by atoms with van der Waals surface area (Å²) in [6.45, 7) is 6.05. The van der Waals surface area contributed by atoms with Crippen molar-refractivity contribution in [2.75, 3.05) is 10.2 Å². The lowest BCUT2D eigenvalue weighted by Crippen LogP contribution is -2.55. The van der Waals surface area contributed by atoms with Crippen molar-refractivity contribution in [3.05, 3.63) is 153 Å². The van der Waals surface area contributed by atoms with E-state index < -0.39 is 134 Å². The molecule has 0 fully saturated rings. The summed E-state index contributed by atoms with van der Waals surface area (Å²) < 4.78 is 178. The van der Waals surface area contributed by atoms with Crippen LogP contribution in [0, 0.1) is 0 Å². The Morgan fingerprint density at radius 1 is 0.486 bits per heavy atom. The van der Waals surface area contributed by atoms with Gasteiger partial charge in [0.25, 0.3) is 29.5 Å². The van der Waals surface area contributed by atoms with Gasteiger partial charge < -0.3 is 5.32 Å².